The summed E-state index contributed by atoms with van der Waals surface area (Å²) in [6, 6.07) is 3.34. The first-order chi connectivity index (χ1) is 14.0. The molecule has 29 heavy (non-hydrogen) atoms. The SMILES string of the molecule is CCOC(=O)Cc1csc(NC(=O)C[C@@H]2OC(=O)c3c2ccc(OC)c3OC)n1. The topological polar surface area (TPSA) is 113 Å². The maximum atomic E-state index is 12.4. The fraction of sp³-hybridized carbons (Fsp3) is 0.368. The van der Waals surface area contributed by atoms with Crippen LogP contribution in [0.4, 0.5) is 5.13 Å². The lowest BCUT2D eigenvalue weighted by Gasteiger charge is -2.12. The first-order valence-corrected chi connectivity index (χ1v) is 9.70. The standard InChI is InChI=1S/C19H20N2O7S/c1-4-27-15(23)7-10-9-29-19(20-10)21-14(22)8-13-11-5-6-12(25-2)17(26-3)16(11)18(24)28-13/h5-6,9,13H,4,7-8H2,1-3H3,(H,20,21,22)/t13-/m0/s1. The van der Waals surface area contributed by atoms with E-state index in [2.05, 4.69) is 10.3 Å². The lowest BCUT2D eigenvalue weighted by Crippen LogP contribution is -2.16. The van der Waals surface area contributed by atoms with Crippen molar-refractivity contribution in [2.45, 2.75) is 25.9 Å². The molecule has 1 N–H and O–H groups in total. The van der Waals surface area contributed by atoms with Gasteiger partial charge in [-0.25, -0.2) is 9.78 Å². The number of carbonyl (C=O) groups is 3. The predicted molar refractivity (Wildman–Crippen MR) is 103 cm³/mol. The molecule has 0 aliphatic carbocycles. The molecule has 1 amide bonds. The van der Waals surface area contributed by atoms with E-state index in [0.717, 1.165) is 0 Å². The van der Waals surface area contributed by atoms with Gasteiger partial charge in [-0.2, -0.15) is 0 Å². The zero-order chi connectivity index (χ0) is 21.0. The minimum absolute atomic E-state index is 0.0372. The minimum atomic E-state index is -0.740. The number of amides is 1. The number of esters is 2. The number of aromatic nitrogens is 1. The molecule has 3 rings (SSSR count). The summed E-state index contributed by atoms with van der Waals surface area (Å²) < 4.78 is 20.7. The average Bonchev–Trinajstić information content (AvgIpc) is 3.25. The average molecular weight is 420 g/mol. The van der Waals surface area contributed by atoms with Gasteiger partial charge in [-0.3, -0.25) is 9.59 Å². The number of cyclic esters (lactones) is 1. The first-order valence-electron chi connectivity index (χ1n) is 8.82. The Kier molecular flexibility index (Phi) is 6.32. The van der Waals surface area contributed by atoms with E-state index in [1.807, 2.05) is 0 Å². The molecule has 154 valence electrons. The number of fused-ring (bicyclic) bond motifs is 1. The number of nitrogens with zero attached hydrogens (tertiary/aromatic N) is 1. The summed E-state index contributed by atoms with van der Waals surface area (Å²) in [5, 5.41) is 4.69. The van der Waals surface area contributed by atoms with Gasteiger partial charge in [0.25, 0.3) is 0 Å². The van der Waals surface area contributed by atoms with Crippen molar-refractivity contribution in [1.29, 1.82) is 0 Å². The van der Waals surface area contributed by atoms with Crippen LogP contribution in [0.2, 0.25) is 0 Å². The van der Waals surface area contributed by atoms with E-state index in [4.69, 9.17) is 18.9 Å². The monoisotopic (exact) mass is 420 g/mol. The first kappa shape index (κ1) is 20.6. The van der Waals surface area contributed by atoms with Gasteiger partial charge in [0.05, 0.1) is 39.4 Å². The van der Waals surface area contributed by atoms with Crippen molar-refractivity contribution < 1.29 is 33.3 Å². The summed E-state index contributed by atoms with van der Waals surface area (Å²) in [7, 11) is 2.90. The van der Waals surface area contributed by atoms with Crippen molar-refractivity contribution in [3.05, 3.63) is 34.3 Å². The van der Waals surface area contributed by atoms with Crippen LogP contribution in [0.3, 0.4) is 0 Å². The zero-order valence-corrected chi connectivity index (χ0v) is 17.0. The van der Waals surface area contributed by atoms with Gasteiger partial charge in [0.1, 0.15) is 11.7 Å². The molecule has 1 aromatic heterocycles. The minimum Gasteiger partial charge on any atom is -0.493 e. The van der Waals surface area contributed by atoms with Crippen LogP contribution in [0.5, 0.6) is 11.5 Å². The summed E-state index contributed by atoms with van der Waals surface area (Å²) in [5.41, 5.74) is 1.33. The molecule has 1 atom stereocenters. The van der Waals surface area contributed by atoms with Crippen molar-refractivity contribution in [3.8, 4) is 11.5 Å². The van der Waals surface area contributed by atoms with Gasteiger partial charge in [0.2, 0.25) is 5.91 Å². The van der Waals surface area contributed by atoms with Crippen LogP contribution in [0.1, 0.15) is 41.1 Å². The quantitative estimate of drug-likeness (QED) is 0.648. The highest BCUT2D eigenvalue weighted by molar-refractivity contribution is 7.13. The van der Waals surface area contributed by atoms with E-state index >= 15 is 0 Å². The van der Waals surface area contributed by atoms with Crippen LogP contribution >= 0.6 is 11.3 Å². The number of carbonyl (C=O) groups excluding carboxylic acids is 3. The molecule has 9 nitrogen and oxygen atoms in total. The van der Waals surface area contributed by atoms with E-state index < -0.39 is 12.1 Å². The highest BCUT2D eigenvalue weighted by Crippen LogP contribution is 2.43. The third-order valence-corrected chi connectivity index (χ3v) is 4.98. The van der Waals surface area contributed by atoms with Gasteiger partial charge in [0.15, 0.2) is 16.6 Å². The number of hydrogen-bond donors (Lipinski definition) is 1. The maximum absolute atomic E-state index is 12.4. The molecule has 2 heterocycles. The Morgan fingerprint density at radius 3 is 2.76 bits per heavy atom. The van der Waals surface area contributed by atoms with Gasteiger partial charge in [-0.15, -0.1) is 11.3 Å². The number of rotatable bonds is 8. The number of ether oxygens (including phenoxy) is 4. The van der Waals surface area contributed by atoms with E-state index in [1.165, 1.54) is 25.6 Å². The van der Waals surface area contributed by atoms with Crippen molar-refractivity contribution in [3.63, 3.8) is 0 Å². The molecule has 0 fully saturated rings. The summed E-state index contributed by atoms with van der Waals surface area (Å²) in [6.45, 7) is 2.02. The van der Waals surface area contributed by atoms with E-state index in [1.54, 1.807) is 24.4 Å². The second kappa shape index (κ2) is 8.91. The van der Waals surface area contributed by atoms with Crippen LogP contribution in [0.15, 0.2) is 17.5 Å². The Labute approximate surface area is 170 Å². The number of methoxy groups -OCH3 is 2. The lowest BCUT2D eigenvalue weighted by molar-refractivity contribution is -0.142. The molecule has 0 bridgehead atoms. The van der Waals surface area contributed by atoms with Crippen LogP contribution in [0.25, 0.3) is 0 Å². The molecule has 0 saturated heterocycles. The third-order valence-electron chi connectivity index (χ3n) is 4.18. The number of nitrogens with one attached hydrogen (secondary N) is 1. The summed E-state index contributed by atoms with van der Waals surface area (Å²) >= 11 is 1.20. The molecule has 1 aromatic carbocycles. The second-order valence-electron chi connectivity index (χ2n) is 6.04. The molecule has 0 unspecified atom stereocenters. The molecule has 0 spiro atoms. The lowest BCUT2D eigenvalue weighted by atomic mass is 10.0. The Hall–Kier alpha value is -3.14. The zero-order valence-electron chi connectivity index (χ0n) is 16.1. The molecule has 10 heteroatoms. The third kappa shape index (κ3) is 4.48. The summed E-state index contributed by atoms with van der Waals surface area (Å²) in [4.78, 5) is 40.4. The van der Waals surface area contributed by atoms with Gasteiger partial charge in [0, 0.05) is 10.9 Å². The number of benzene rings is 1. The molecular weight excluding hydrogens is 400 g/mol. The normalized spacial score (nSPS) is 14.7. The second-order valence-corrected chi connectivity index (χ2v) is 6.90. The number of anilines is 1. The van der Waals surface area contributed by atoms with Crippen LogP contribution in [-0.4, -0.2) is 43.7 Å². The van der Waals surface area contributed by atoms with Crippen molar-refractivity contribution in [2.24, 2.45) is 0 Å². The Morgan fingerprint density at radius 1 is 1.28 bits per heavy atom. The Morgan fingerprint density at radius 2 is 2.07 bits per heavy atom. The molecule has 0 saturated carbocycles. The molecule has 1 aliphatic heterocycles. The maximum Gasteiger partial charge on any atom is 0.343 e. The predicted octanol–water partition coefficient (Wildman–Crippen LogP) is 2.51. The van der Waals surface area contributed by atoms with Crippen LogP contribution in [0, 0.1) is 0 Å². The van der Waals surface area contributed by atoms with Gasteiger partial charge in [-0.05, 0) is 13.0 Å². The fourth-order valence-corrected chi connectivity index (χ4v) is 3.69. The largest absolute Gasteiger partial charge is 0.493 e. The Bertz CT molecular complexity index is 941. The highest BCUT2D eigenvalue weighted by Gasteiger charge is 2.37. The molecule has 0 radical (unpaired) electrons. The van der Waals surface area contributed by atoms with Crippen molar-refractivity contribution >= 4 is 34.3 Å². The smallest absolute Gasteiger partial charge is 0.343 e. The molecular formula is C19H20N2O7S. The van der Waals surface area contributed by atoms with E-state index in [9.17, 15) is 14.4 Å². The van der Waals surface area contributed by atoms with Gasteiger partial charge < -0.3 is 24.3 Å². The van der Waals surface area contributed by atoms with E-state index in [0.29, 0.717) is 28.7 Å². The Balaban J connectivity index is 1.67. The van der Waals surface area contributed by atoms with Crippen LogP contribution in [-0.2, 0) is 25.5 Å². The summed E-state index contributed by atoms with van der Waals surface area (Å²) in [5.74, 6) is -0.636. The summed E-state index contributed by atoms with van der Waals surface area (Å²) in [6.07, 6.45) is -0.785. The van der Waals surface area contributed by atoms with Gasteiger partial charge >= 0.3 is 11.9 Å². The van der Waals surface area contributed by atoms with Crippen molar-refractivity contribution in [1.82, 2.24) is 4.98 Å². The number of thiazole rings is 1. The molecule has 1 aliphatic rings. The van der Waals surface area contributed by atoms with Crippen molar-refractivity contribution in [2.75, 3.05) is 26.1 Å². The fourth-order valence-electron chi connectivity index (χ4n) is 2.97. The molecule has 2 aromatic rings. The van der Waals surface area contributed by atoms with E-state index in [-0.39, 0.29) is 36.0 Å². The number of hydrogen-bond acceptors (Lipinski definition) is 9. The highest BCUT2D eigenvalue weighted by atomic mass is 32.1. The van der Waals surface area contributed by atoms with Gasteiger partial charge in [-0.1, -0.05) is 6.07 Å². The van der Waals surface area contributed by atoms with Crippen LogP contribution < -0.4 is 14.8 Å².